The van der Waals surface area contributed by atoms with Crippen LogP contribution in [0, 0.1) is 11.6 Å². The van der Waals surface area contributed by atoms with Gasteiger partial charge in [0.2, 0.25) is 0 Å². The van der Waals surface area contributed by atoms with E-state index in [1.54, 1.807) is 18.4 Å². The van der Waals surface area contributed by atoms with Crippen molar-refractivity contribution in [1.29, 1.82) is 0 Å². The zero-order valence-electron chi connectivity index (χ0n) is 9.71. The number of benzene rings is 1. The van der Waals surface area contributed by atoms with Crippen LogP contribution in [0.15, 0.2) is 39.4 Å². The molecule has 0 aliphatic heterocycles. The summed E-state index contributed by atoms with van der Waals surface area (Å²) in [4.78, 5) is 0. The second-order valence-corrected chi connectivity index (χ2v) is 4.65. The Hall–Kier alpha value is -1.20. The van der Waals surface area contributed by atoms with E-state index in [1.165, 1.54) is 6.07 Å². The highest BCUT2D eigenvalue weighted by atomic mass is 79.9. The number of rotatable bonds is 4. The van der Waals surface area contributed by atoms with Gasteiger partial charge in [-0.05, 0) is 46.2 Å². The first kappa shape index (κ1) is 13.2. The highest BCUT2D eigenvalue weighted by Gasteiger charge is 2.20. The Morgan fingerprint density at radius 1 is 1.28 bits per heavy atom. The van der Waals surface area contributed by atoms with E-state index in [1.807, 2.05) is 6.92 Å². The van der Waals surface area contributed by atoms with Gasteiger partial charge in [0.05, 0.1) is 16.8 Å². The Morgan fingerprint density at radius 3 is 2.61 bits per heavy atom. The molecule has 0 aliphatic rings. The van der Waals surface area contributed by atoms with Crippen LogP contribution in [-0.4, -0.2) is 6.54 Å². The van der Waals surface area contributed by atoms with Crippen LogP contribution in [0.25, 0.3) is 0 Å². The van der Waals surface area contributed by atoms with Gasteiger partial charge in [-0.1, -0.05) is 13.0 Å². The minimum absolute atomic E-state index is 0.311. The lowest BCUT2D eigenvalue weighted by Gasteiger charge is -2.16. The molecule has 0 saturated heterocycles. The van der Waals surface area contributed by atoms with Crippen molar-refractivity contribution < 1.29 is 13.2 Å². The molecule has 18 heavy (non-hydrogen) atoms. The van der Waals surface area contributed by atoms with Crippen LogP contribution in [0.2, 0.25) is 0 Å². The van der Waals surface area contributed by atoms with Crippen LogP contribution in [-0.2, 0) is 0 Å². The Kier molecular flexibility index (Phi) is 4.14. The molecular weight excluding hydrogens is 304 g/mol. The molecule has 0 amide bonds. The van der Waals surface area contributed by atoms with Crippen molar-refractivity contribution in [2.45, 2.75) is 13.0 Å². The lowest BCUT2D eigenvalue weighted by molar-refractivity contribution is 0.446. The lowest BCUT2D eigenvalue weighted by Crippen LogP contribution is -2.22. The summed E-state index contributed by atoms with van der Waals surface area (Å²) in [6.07, 6.45) is 1.55. The smallest absolute Gasteiger partial charge is 0.159 e. The molecule has 1 aromatic carbocycles. The maximum Gasteiger partial charge on any atom is 0.159 e. The number of halogens is 3. The third-order valence-electron chi connectivity index (χ3n) is 2.59. The Bertz CT molecular complexity index is 542. The molecule has 0 aliphatic carbocycles. The van der Waals surface area contributed by atoms with Gasteiger partial charge >= 0.3 is 0 Å². The average molecular weight is 316 g/mol. The molecule has 2 aromatic rings. The van der Waals surface area contributed by atoms with E-state index in [4.69, 9.17) is 4.42 Å². The largest absolute Gasteiger partial charge is 0.466 e. The summed E-state index contributed by atoms with van der Waals surface area (Å²) in [6.45, 7) is 2.61. The van der Waals surface area contributed by atoms with Crippen LogP contribution in [0.5, 0.6) is 0 Å². The normalized spacial score (nSPS) is 12.7. The summed E-state index contributed by atoms with van der Waals surface area (Å²) < 4.78 is 32.4. The maximum absolute atomic E-state index is 13.3. The molecule has 1 unspecified atom stereocenters. The molecule has 0 radical (unpaired) electrons. The summed E-state index contributed by atoms with van der Waals surface area (Å²) in [5.74, 6) is -1.08. The average Bonchev–Trinajstić information content (AvgIpc) is 2.76. The lowest BCUT2D eigenvalue weighted by atomic mass is 10.0. The molecule has 1 N–H and O–H groups in total. The molecule has 2 rings (SSSR count). The number of nitrogens with one attached hydrogen (secondary N) is 1. The van der Waals surface area contributed by atoms with Crippen molar-refractivity contribution in [2.75, 3.05) is 6.54 Å². The fraction of sp³-hybridized carbons (Fsp3) is 0.231. The Balaban J connectivity index is 2.41. The number of hydrogen-bond acceptors (Lipinski definition) is 2. The van der Waals surface area contributed by atoms with Gasteiger partial charge in [-0.3, -0.25) is 0 Å². The van der Waals surface area contributed by atoms with Gasteiger partial charge in [0, 0.05) is 0 Å². The molecule has 0 spiro atoms. The van der Waals surface area contributed by atoms with Crippen molar-refractivity contribution in [3.63, 3.8) is 0 Å². The van der Waals surface area contributed by atoms with Gasteiger partial charge < -0.3 is 9.73 Å². The van der Waals surface area contributed by atoms with E-state index in [9.17, 15) is 8.78 Å². The molecule has 5 heteroatoms. The van der Waals surface area contributed by atoms with E-state index in [2.05, 4.69) is 21.2 Å². The van der Waals surface area contributed by atoms with Crippen LogP contribution >= 0.6 is 15.9 Å². The summed E-state index contributed by atoms with van der Waals surface area (Å²) in [7, 11) is 0. The van der Waals surface area contributed by atoms with Gasteiger partial charge in [0.25, 0.3) is 0 Å². The topological polar surface area (TPSA) is 25.2 Å². The summed E-state index contributed by atoms with van der Waals surface area (Å²) in [6, 6.07) is 5.29. The van der Waals surface area contributed by atoms with Gasteiger partial charge in [0.15, 0.2) is 11.6 Å². The van der Waals surface area contributed by atoms with Crippen LogP contribution in [0.1, 0.15) is 24.3 Å². The molecule has 0 saturated carbocycles. The first-order valence-electron chi connectivity index (χ1n) is 5.54. The standard InChI is InChI=1S/C13H12BrF2NO/c1-2-17-12(13-9(14)5-6-18-13)8-3-4-10(15)11(16)7-8/h3-7,12,17H,2H2,1H3. The fourth-order valence-corrected chi connectivity index (χ4v) is 2.20. The van der Waals surface area contributed by atoms with Crippen molar-refractivity contribution in [3.8, 4) is 0 Å². The fourth-order valence-electron chi connectivity index (χ4n) is 1.77. The summed E-state index contributed by atoms with van der Waals surface area (Å²) in [5, 5.41) is 3.18. The van der Waals surface area contributed by atoms with Gasteiger partial charge in [-0.15, -0.1) is 0 Å². The van der Waals surface area contributed by atoms with E-state index < -0.39 is 11.6 Å². The SMILES string of the molecule is CCNC(c1ccc(F)c(F)c1)c1occc1Br. The highest BCUT2D eigenvalue weighted by molar-refractivity contribution is 9.10. The maximum atomic E-state index is 13.3. The second kappa shape index (κ2) is 5.63. The van der Waals surface area contributed by atoms with Crippen LogP contribution < -0.4 is 5.32 Å². The van der Waals surface area contributed by atoms with E-state index >= 15 is 0 Å². The number of hydrogen-bond donors (Lipinski definition) is 1. The summed E-state index contributed by atoms with van der Waals surface area (Å²) >= 11 is 3.37. The molecule has 1 atom stereocenters. The van der Waals surface area contributed by atoms with Gasteiger partial charge in [-0.2, -0.15) is 0 Å². The third-order valence-corrected chi connectivity index (χ3v) is 3.25. The predicted octanol–water partition coefficient (Wildman–Crippen LogP) is 4.02. The zero-order valence-corrected chi connectivity index (χ0v) is 11.3. The second-order valence-electron chi connectivity index (χ2n) is 3.80. The quantitative estimate of drug-likeness (QED) is 0.922. The Labute approximate surface area is 112 Å². The molecular formula is C13H12BrF2NO. The number of furan rings is 1. The minimum atomic E-state index is -0.863. The van der Waals surface area contributed by atoms with E-state index in [-0.39, 0.29) is 6.04 Å². The molecule has 1 heterocycles. The molecule has 1 aromatic heterocycles. The van der Waals surface area contributed by atoms with Crippen molar-refractivity contribution >= 4 is 15.9 Å². The summed E-state index contributed by atoms with van der Waals surface area (Å²) in [5.41, 5.74) is 0.617. The first-order chi connectivity index (χ1) is 8.63. The third kappa shape index (κ3) is 2.62. The monoisotopic (exact) mass is 315 g/mol. The van der Waals surface area contributed by atoms with Crippen LogP contribution in [0.3, 0.4) is 0 Å². The van der Waals surface area contributed by atoms with Crippen LogP contribution in [0.4, 0.5) is 8.78 Å². The van der Waals surface area contributed by atoms with Gasteiger partial charge in [0.1, 0.15) is 5.76 Å². The molecule has 0 fully saturated rings. The van der Waals surface area contributed by atoms with Crippen molar-refractivity contribution in [2.24, 2.45) is 0 Å². The zero-order chi connectivity index (χ0) is 13.1. The van der Waals surface area contributed by atoms with Gasteiger partial charge in [-0.25, -0.2) is 8.78 Å². The van der Waals surface area contributed by atoms with E-state index in [0.29, 0.717) is 17.9 Å². The van der Waals surface area contributed by atoms with Crippen molar-refractivity contribution in [3.05, 3.63) is 58.0 Å². The molecule has 2 nitrogen and oxygen atoms in total. The molecule has 0 bridgehead atoms. The molecule has 96 valence electrons. The van der Waals surface area contributed by atoms with E-state index in [0.717, 1.165) is 10.5 Å². The first-order valence-corrected chi connectivity index (χ1v) is 6.34. The predicted molar refractivity (Wildman–Crippen MR) is 68.3 cm³/mol. The van der Waals surface area contributed by atoms with Crippen molar-refractivity contribution in [1.82, 2.24) is 5.32 Å². The minimum Gasteiger partial charge on any atom is -0.466 e. The highest BCUT2D eigenvalue weighted by Crippen LogP contribution is 2.30. The Morgan fingerprint density at radius 2 is 2.06 bits per heavy atom.